The summed E-state index contributed by atoms with van der Waals surface area (Å²) in [5.74, 6) is -1.61. The molecular weight excluding hydrogens is 318 g/mol. The molecule has 25 heavy (non-hydrogen) atoms. The first kappa shape index (κ1) is 17.7. The molecule has 0 aliphatic heterocycles. The molecular formula is C20H17NO4. The van der Waals surface area contributed by atoms with Crippen molar-refractivity contribution < 1.29 is 19.1 Å². The molecule has 0 bridgehead atoms. The highest BCUT2D eigenvalue weighted by Gasteiger charge is 2.08. The monoisotopic (exact) mass is 335 g/mol. The van der Waals surface area contributed by atoms with Crippen molar-refractivity contribution in [2.75, 3.05) is 0 Å². The highest BCUT2D eigenvalue weighted by molar-refractivity contribution is 5.96. The second-order valence-electron chi connectivity index (χ2n) is 4.87. The fraction of sp³-hybridized carbons (Fsp3) is 0. The second-order valence-corrected chi connectivity index (χ2v) is 4.87. The summed E-state index contributed by atoms with van der Waals surface area (Å²) in [5, 5.41) is 0. The molecule has 0 radical (unpaired) electrons. The van der Waals surface area contributed by atoms with E-state index in [0.29, 0.717) is 0 Å². The average Bonchev–Trinajstić information content (AvgIpc) is 2.63. The van der Waals surface area contributed by atoms with Gasteiger partial charge in [-0.05, 0) is 23.3 Å². The lowest BCUT2D eigenvalue weighted by molar-refractivity contribution is -0.135. The molecule has 2 N–H and O–H groups in total. The van der Waals surface area contributed by atoms with E-state index in [1.54, 1.807) is 12.2 Å². The van der Waals surface area contributed by atoms with E-state index in [2.05, 4.69) is 0 Å². The number of carbonyl (C=O) groups excluding carboxylic acids is 2. The van der Waals surface area contributed by atoms with Crippen LogP contribution in [0.25, 0.3) is 12.2 Å². The Morgan fingerprint density at radius 2 is 1.24 bits per heavy atom. The molecule has 0 heterocycles. The van der Waals surface area contributed by atoms with Crippen LogP contribution >= 0.6 is 0 Å². The Labute approximate surface area is 145 Å². The van der Waals surface area contributed by atoms with Crippen LogP contribution < -0.4 is 5.73 Å². The van der Waals surface area contributed by atoms with Gasteiger partial charge in [0, 0.05) is 0 Å². The topological polar surface area (TPSA) is 78.6 Å². The fourth-order valence-electron chi connectivity index (χ4n) is 1.77. The van der Waals surface area contributed by atoms with Crippen molar-refractivity contribution in [1.82, 2.24) is 0 Å². The molecule has 2 aromatic rings. The standard InChI is InChI=1S/C20H17NO4/c21-18(20(23)25-14-12-17-9-5-2-6-10-17)15-19(22)24-13-11-16-7-3-1-4-8-16/h1-15H,21H2/b13-11?,14-12?,18-15+. The van der Waals surface area contributed by atoms with Gasteiger partial charge in [0.2, 0.25) is 0 Å². The van der Waals surface area contributed by atoms with Crippen LogP contribution in [0.1, 0.15) is 11.1 Å². The van der Waals surface area contributed by atoms with Gasteiger partial charge in [-0.3, -0.25) is 0 Å². The van der Waals surface area contributed by atoms with Crippen molar-refractivity contribution in [3.63, 3.8) is 0 Å². The van der Waals surface area contributed by atoms with E-state index >= 15 is 0 Å². The van der Waals surface area contributed by atoms with Crippen molar-refractivity contribution in [2.45, 2.75) is 0 Å². The Morgan fingerprint density at radius 3 is 1.76 bits per heavy atom. The lowest BCUT2D eigenvalue weighted by Gasteiger charge is -1.99. The number of esters is 2. The van der Waals surface area contributed by atoms with Gasteiger partial charge in [-0.1, -0.05) is 60.7 Å². The lowest BCUT2D eigenvalue weighted by Crippen LogP contribution is -2.14. The van der Waals surface area contributed by atoms with Crippen LogP contribution in [-0.4, -0.2) is 11.9 Å². The van der Waals surface area contributed by atoms with Gasteiger partial charge in [0.25, 0.3) is 0 Å². The number of nitrogens with two attached hydrogens (primary N) is 1. The normalized spacial score (nSPS) is 11.6. The van der Waals surface area contributed by atoms with Crippen LogP contribution in [0.2, 0.25) is 0 Å². The zero-order chi connectivity index (χ0) is 17.9. The molecule has 5 heteroatoms. The quantitative estimate of drug-likeness (QED) is 0.498. The SMILES string of the molecule is N/C(=C/C(=O)OC=Cc1ccccc1)C(=O)OC=Cc1ccccc1. The third kappa shape index (κ3) is 6.58. The van der Waals surface area contributed by atoms with Gasteiger partial charge in [-0.15, -0.1) is 0 Å². The van der Waals surface area contributed by atoms with E-state index in [0.717, 1.165) is 17.2 Å². The Balaban J connectivity index is 1.82. The number of benzene rings is 2. The van der Waals surface area contributed by atoms with E-state index in [1.165, 1.54) is 12.5 Å². The van der Waals surface area contributed by atoms with Crippen LogP contribution in [-0.2, 0) is 19.1 Å². The maximum atomic E-state index is 11.7. The van der Waals surface area contributed by atoms with Crippen LogP contribution in [0.4, 0.5) is 0 Å². The molecule has 0 aliphatic carbocycles. The fourth-order valence-corrected chi connectivity index (χ4v) is 1.77. The number of carbonyl (C=O) groups is 2. The van der Waals surface area contributed by atoms with Crippen molar-refractivity contribution in [2.24, 2.45) is 5.73 Å². The van der Waals surface area contributed by atoms with E-state index < -0.39 is 11.9 Å². The highest BCUT2D eigenvalue weighted by atomic mass is 16.5. The molecule has 2 rings (SSSR count). The molecule has 2 aromatic carbocycles. The Hall–Kier alpha value is -3.60. The number of hydrogen-bond acceptors (Lipinski definition) is 5. The second kappa shape index (κ2) is 9.52. The molecule has 0 amide bonds. The third-order valence-corrected chi connectivity index (χ3v) is 2.99. The predicted molar refractivity (Wildman–Crippen MR) is 95.4 cm³/mol. The molecule has 0 aromatic heterocycles. The van der Waals surface area contributed by atoms with E-state index in [9.17, 15) is 9.59 Å². The van der Waals surface area contributed by atoms with Gasteiger partial charge in [-0.2, -0.15) is 0 Å². The minimum atomic E-state index is -0.837. The molecule has 5 nitrogen and oxygen atoms in total. The minimum absolute atomic E-state index is 0.351. The maximum absolute atomic E-state index is 11.7. The summed E-state index contributed by atoms with van der Waals surface area (Å²) in [6.07, 6.45) is 6.52. The average molecular weight is 335 g/mol. The van der Waals surface area contributed by atoms with Gasteiger partial charge in [0.15, 0.2) is 0 Å². The predicted octanol–water partition coefficient (Wildman–Crippen LogP) is 3.26. The van der Waals surface area contributed by atoms with Gasteiger partial charge < -0.3 is 15.2 Å². The Kier molecular flexibility index (Phi) is 6.76. The van der Waals surface area contributed by atoms with Gasteiger partial charge in [0.05, 0.1) is 18.6 Å². The maximum Gasteiger partial charge on any atom is 0.359 e. The molecule has 0 fully saturated rings. The van der Waals surface area contributed by atoms with Crippen LogP contribution in [0.3, 0.4) is 0 Å². The van der Waals surface area contributed by atoms with Crippen molar-refractivity contribution in [3.8, 4) is 0 Å². The van der Waals surface area contributed by atoms with Crippen molar-refractivity contribution >= 4 is 24.1 Å². The summed E-state index contributed by atoms with van der Waals surface area (Å²) >= 11 is 0. The van der Waals surface area contributed by atoms with Gasteiger partial charge >= 0.3 is 11.9 Å². The highest BCUT2D eigenvalue weighted by Crippen LogP contribution is 2.03. The first-order chi connectivity index (χ1) is 12.1. The number of hydrogen-bond donors (Lipinski definition) is 1. The molecule has 0 aliphatic rings. The van der Waals surface area contributed by atoms with Crippen molar-refractivity contribution in [1.29, 1.82) is 0 Å². The van der Waals surface area contributed by atoms with Crippen LogP contribution in [0.5, 0.6) is 0 Å². The molecule has 0 saturated heterocycles. The lowest BCUT2D eigenvalue weighted by atomic mass is 10.2. The number of rotatable bonds is 6. The molecule has 0 saturated carbocycles. The third-order valence-electron chi connectivity index (χ3n) is 2.99. The van der Waals surface area contributed by atoms with E-state index in [4.69, 9.17) is 15.2 Å². The first-order valence-corrected chi connectivity index (χ1v) is 7.47. The summed E-state index contributed by atoms with van der Waals surface area (Å²) in [5.41, 5.74) is 6.89. The zero-order valence-corrected chi connectivity index (χ0v) is 13.4. The van der Waals surface area contributed by atoms with E-state index in [-0.39, 0.29) is 5.70 Å². The molecule has 126 valence electrons. The molecule has 0 unspecified atom stereocenters. The van der Waals surface area contributed by atoms with Gasteiger partial charge in [-0.25, -0.2) is 9.59 Å². The van der Waals surface area contributed by atoms with Crippen LogP contribution in [0.15, 0.2) is 85.0 Å². The largest absolute Gasteiger partial charge is 0.431 e. The zero-order valence-electron chi connectivity index (χ0n) is 13.4. The summed E-state index contributed by atoms with van der Waals surface area (Å²) in [6, 6.07) is 18.6. The Bertz CT molecular complexity index is 793. The number of ether oxygens (including phenoxy) is 2. The van der Waals surface area contributed by atoms with E-state index in [1.807, 2.05) is 60.7 Å². The smallest absolute Gasteiger partial charge is 0.359 e. The Morgan fingerprint density at radius 1 is 0.760 bits per heavy atom. The van der Waals surface area contributed by atoms with Crippen LogP contribution in [0, 0.1) is 0 Å². The summed E-state index contributed by atoms with van der Waals surface area (Å²) in [6.45, 7) is 0. The molecule has 0 atom stereocenters. The minimum Gasteiger partial charge on any atom is -0.431 e. The van der Waals surface area contributed by atoms with Gasteiger partial charge in [0.1, 0.15) is 5.70 Å². The molecule has 0 spiro atoms. The first-order valence-electron chi connectivity index (χ1n) is 7.47. The summed E-state index contributed by atoms with van der Waals surface area (Å²) in [7, 11) is 0. The van der Waals surface area contributed by atoms with Crippen molar-refractivity contribution in [3.05, 3.63) is 96.1 Å². The summed E-state index contributed by atoms with van der Waals surface area (Å²) < 4.78 is 9.68. The summed E-state index contributed by atoms with van der Waals surface area (Å²) in [4.78, 5) is 23.3.